The standard InChI is InChI=1S/C19H30N2O4/c1-5-9-14(4)25-18(22)15-10-8-11-16(20)17(15)19(23)24-13-12-21(6-2)7-3/h8,10-11,14H,5-7,9,12-13,20H2,1-4H3. The molecule has 0 radical (unpaired) electrons. The van der Waals surface area contributed by atoms with Crippen molar-refractivity contribution in [3.8, 4) is 0 Å². The van der Waals surface area contributed by atoms with E-state index < -0.39 is 11.9 Å². The van der Waals surface area contributed by atoms with Crippen molar-refractivity contribution < 1.29 is 19.1 Å². The number of nitrogens with two attached hydrogens (primary N) is 1. The molecule has 0 heterocycles. The van der Waals surface area contributed by atoms with Crippen molar-refractivity contribution in [3.05, 3.63) is 29.3 Å². The highest BCUT2D eigenvalue weighted by Crippen LogP contribution is 2.20. The van der Waals surface area contributed by atoms with Crippen molar-refractivity contribution in [1.29, 1.82) is 0 Å². The van der Waals surface area contributed by atoms with Crippen LogP contribution in [0.25, 0.3) is 0 Å². The molecule has 0 saturated carbocycles. The van der Waals surface area contributed by atoms with Crippen LogP contribution in [0, 0.1) is 0 Å². The van der Waals surface area contributed by atoms with E-state index in [4.69, 9.17) is 15.2 Å². The molecule has 0 aliphatic heterocycles. The van der Waals surface area contributed by atoms with Gasteiger partial charge in [-0.3, -0.25) is 0 Å². The van der Waals surface area contributed by atoms with Gasteiger partial charge in [-0.15, -0.1) is 0 Å². The van der Waals surface area contributed by atoms with Crippen LogP contribution < -0.4 is 5.73 Å². The van der Waals surface area contributed by atoms with Gasteiger partial charge in [-0.1, -0.05) is 33.3 Å². The number of carbonyl (C=O) groups excluding carboxylic acids is 2. The molecule has 1 unspecified atom stereocenters. The molecule has 1 rings (SSSR count). The van der Waals surface area contributed by atoms with Crippen LogP contribution >= 0.6 is 0 Å². The van der Waals surface area contributed by atoms with Gasteiger partial charge in [0.1, 0.15) is 6.61 Å². The van der Waals surface area contributed by atoms with Gasteiger partial charge < -0.3 is 20.1 Å². The molecule has 25 heavy (non-hydrogen) atoms. The van der Waals surface area contributed by atoms with E-state index in [0.717, 1.165) is 25.9 Å². The molecule has 6 heteroatoms. The van der Waals surface area contributed by atoms with E-state index in [1.54, 1.807) is 18.2 Å². The molecule has 0 aliphatic carbocycles. The van der Waals surface area contributed by atoms with Crippen LogP contribution in [0.2, 0.25) is 0 Å². The first kappa shape index (κ1) is 21.0. The maximum absolute atomic E-state index is 12.4. The van der Waals surface area contributed by atoms with Crippen LogP contribution in [-0.4, -0.2) is 49.2 Å². The van der Waals surface area contributed by atoms with Crippen LogP contribution in [-0.2, 0) is 9.47 Å². The Balaban J connectivity index is 2.84. The van der Waals surface area contributed by atoms with Crippen LogP contribution in [0.15, 0.2) is 18.2 Å². The maximum Gasteiger partial charge on any atom is 0.341 e. The number of carbonyl (C=O) groups is 2. The lowest BCUT2D eigenvalue weighted by atomic mass is 10.1. The fourth-order valence-corrected chi connectivity index (χ4v) is 2.56. The van der Waals surface area contributed by atoms with E-state index in [0.29, 0.717) is 6.54 Å². The molecule has 2 N–H and O–H groups in total. The number of nitrogen functional groups attached to an aromatic ring is 1. The van der Waals surface area contributed by atoms with E-state index in [2.05, 4.69) is 4.90 Å². The predicted molar refractivity (Wildman–Crippen MR) is 98.7 cm³/mol. The quantitative estimate of drug-likeness (QED) is 0.516. The lowest BCUT2D eigenvalue weighted by Crippen LogP contribution is -2.28. The largest absolute Gasteiger partial charge is 0.461 e. The number of benzene rings is 1. The number of likely N-dealkylation sites (N-methyl/N-ethyl adjacent to an activating group) is 1. The summed E-state index contributed by atoms with van der Waals surface area (Å²) < 4.78 is 10.7. The highest BCUT2D eigenvalue weighted by Gasteiger charge is 2.23. The normalized spacial score (nSPS) is 12.0. The lowest BCUT2D eigenvalue weighted by Gasteiger charge is -2.18. The minimum absolute atomic E-state index is 0.0794. The Morgan fingerprint density at radius 3 is 2.44 bits per heavy atom. The summed E-state index contributed by atoms with van der Waals surface area (Å²) in [6, 6.07) is 4.74. The molecule has 0 bridgehead atoms. The molecule has 1 atom stereocenters. The van der Waals surface area contributed by atoms with Crippen LogP contribution in [0.5, 0.6) is 0 Å². The predicted octanol–water partition coefficient (Wildman–Crippen LogP) is 3.11. The highest BCUT2D eigenvalue weighted by atomic mass is 16.5. The third kappa shape index (κ3) is 6.38. The molecule has 0 spiro atoms. The van der Waals surface area contributed by atoms with Gasteiger partial charge in [-0.25, -0.2) is 9.59 Å². The molecular formula is C19H30N2O4. The van der Waals surface area contributed by atoms with Gasteiger partial charge in [-0.05, 0) is 38.6 Å². The van der Waals surface area contributed by atoms with Crippen LogP contribution in [0.3, 0.4) is 0 Å². The van der Waals surface area contributed by atoms with Gasteiger partial charge in [-0.2, -0.15) is 0 Å². The van der Waals surface area contributed by atoms with Gasteiger partial charge in [0.05, 0.1) is 17.2 Å². The first-order valence-electron chi connectivity index (χ1n) is 8.93. The van der Waals surface area contributed by atoms with E-state index in [1.165, 1.54) is 0 Å². The van der Waals surface area contributed by atoms with Crippen molar-refractivity contribution in [2.45, 2.75) is 46.6 Å². The molecule has 0 saturated heterocycles. The van der Waals surface area contributed by atoms with Crippen LogP contribution in [0.1, 0.15) is 61.3 Å². The third-order valence-corrected chi connectivity index (χ3v) is 4.06. The average Bonchev–Trinajstić information content (AvgIpc) is 2.58. The summed E-state index contributed by atoms with van der Waals surface area (Å²) in [5, 5.41) is 0. The van der Waals surface area contributed by atoms with E-state index >= 15 is 0 Å². The van der Waals surface area contributed by atoms with Gasteiger partial charge in [0.15, 0.2) is 0 Å². The SMILES string of the molecule is CCCC(C)OC(=O)c1cccc(N)c1C(=O)OCCN(CC)CC. The summed E-state index contributed by atoms with van der Waals surface area (Å²) in [6.45, 7) is 10.6. The Morgan fingerprint density at radius 1 is 1.16 bits per heavy atom. The number of esters is 2. The molecule has 6 nitrogen and oxygen atoms in total. The summed E-state index contributed by atoms with van der Waals surface area (Å²) in [7, 11) is 0. The zero-order chi connectivity index (χ0) is 18.8. The lowest BCUT2D eigenvalue weighted by molar-refractivity contribution is 0.0309. The first-order chi connectivity index (χ1) is 11.9. The summed E-state index contributed by atoms with van der Waals surface area (Å²) in [5.41, 5.74) is 6.36. The van der Waals surface area contributed by atoms with Gasteiger partial charge in [0, 0.05) is 12.2 Å². The topological polar surface area (TPSA) is 81.9 Å². The Morgan fingerprint density at radius 2 is 1.84 bits per heavy atom. The molecule has 1 aromatic carbocycles. The van der Waals surface area contributed by atoms with Crippen molar-refractivity contribution >= 4 is 17.6 Å². The number of nitrogens with zero attached hydrogens (tertiary/aromatic N) is 1. The van der Waals surface area contributed by atoms with Gasteiger partial charge >= 0.3 is 11.9 Å². The van der Waals surface area contributed by atoms with Crippen molar-refractivity contribution in [3.63, 3.8) is 0 Å². The minimum Gasteiger partial charge on any atom is -0.461 e. The second kappa shape index (κ2) is 10.7. The van der Waals surface area contributed by atoms with Crippen LogP contribution in [0.4, 0.5) is 5.69 Å². The van der Waals surface area contributed by atoms with E-state index in [9.17, 15) is 9.59 Å². The zero-order valence-electron chi connectivity index (χ0n) is 15.7. The van der Waals surface area contributed by atoms with Crippen molar-refractivity contribution in [2.24, 2.45) is 0 Å². The number of anilines is 1. The number of hydrogen-bond acceptors (Lipinski definition) is 6. The van der Waals surface area contributed by atoms with Gasteiger partial charge in [0.2, 0.25) is 0 Å². The highest BCUT2D eigenvalue weighted by molar-refractivity contribution is 6.06. The molecule has 0 aliphatic rings. The Kier molecular flexibility index (Phi) is 8.99. The molecular weight excluding hydrogens is 320 g/mol. The fourth-order valence-electron chi connectivity index (χ4n) is 2.56. The third-order valence-electron chi connectivity index (χ3n) is 4.06. The summed E-state index contributed by atoms with van der Waals surface area (Å²) in [5.74, 6) is -1.15. The second-order valence-corrected chi connectivity index (χ2v) is 5.94. The Hall–Kier alpha value is -2.08. The molecule has 0 aromatic heterocycles. The molecule has 140 valence electrons. The zero-order valence-corrected chi connectivity index (χ0v) is 15.7. The van der Waals surface area contributed by atoms with E-state index in [-0.39, 0.29) is 29.5 Å². The van der Waals surface area contributed by atoms with Gasteiger partial charge in [0.25, 0.3) is 0 Å². The van der Waals surface area contributed by atoms with Crippen molar-refractivity contribution in [1.82, 2.24) is 4.90 Å². The monoisotopic (exact) mass is 350 g/mol. The first-order valence-corrected chi connectivity index (χ1v) is 8.93. The smallest absolute Gasteiger partial charge is 0.341 e. The molecule has 0 amide bonds. The average molecular weight is 350 g/mol. The number of hydrogen-bond donors (Lipinski definition) is 1. The van der Waals surface area contributed by atoms with Crippen molar-refractivity contribution in [2.75, 3.05) is 32.0 Å². The molecule has 1 aromatic rings. The maximum atomic E-state index is 12.4. The molecule has 0 fully saturated rings. The Labute approximate surface area is 150 Å². The fraction of sp³-hybridized carbons (Fsp3) is 0.579. The number of ether oxygens (including phenoxy) is 2. The minimum atomic E-state index is -0.597. The summed E-state index contributed by atoms with van der Waals surface area (Å²) >= 11 is 0. The summed E-state index contributed by atoms with van der Waals surface area (Å²) in [6.07, 6.45) is 1.45. The second-order valence-electron chi connectivity index (χ2n) is 5.94. The number of rotatable bonds is 10. The summed E-state index contributed by atoms with van der Waals surface area (Å²) in [4.78, 5) is 27.0. The van der Waals surface area contributed by atoms with E-state index in [1.807, 2.05) is 27.7 Å². The Bertz CT molecular complexity index is 571.